The minimum Gasteiger partial charge on any atom is -0.310 e. The van der Waals surface area contributed by atoms with Crippen LogP contribution in [0.15, 0.2) is 206 Å². The Morgan fingerprint density at radius 1 is 0.339 bits per heavy atom. The molecule has 2 aliphatic rings. The van der Waals surface area contributed by atoms with Crippen LogP contribution in [0.1, 0.15) is 33.4 Å². The summed E-state index contributed by atoms with van der Waals surface area (Å²) in [6, 6.07) is 77.2. The zero-order chi connectivity index (χ0) is 39.5. The van der Waals surface area contributed by atoms with E-state index in [-0.39, 0.29) is 0 Å². The highest BCUT2D eigenvalue weighted by Gasteiger charge is 2.52. The maximum absolute atomic E-state index is 10.1. The van der Waals surface area contributed by atoms with E-state index in [4.69, 9.17) is 0 Å². The Bertz CT molecular complexity index is 3160. The number of rotatable bonds is 6. The zero-order valence-corrected chi connectivity index (χ0v) is 31.9. The molecule has 4 heteroatoms. The number of fused-ring (bicyclic) bond motifs is 12. The van der Waals surface area contributed by atoms with Crippen LogP contribution in [0.3, 0.4) is 0 Å². The van der Waals surface area contributed by atoms with E-state index in [1.165, 1.54) is 44.5 Å². The number of nitrogens with zero attached hydrogens (tertiary/aromatic N) is 4. The molecule has 0 fully saturated rings. The van der Waals surface area contributed by atoms with E-state index >= 15 is 0 Å². The molecular weight excluding hydrogens is 717 g/mol. The molecule has 0 N–H and O–H groups in total. The number of nitriles is 2. The molecule has 2 aliphatic carbocycles. The van der Waals surface area contributed by atoms with Crippen molar-refractivity contribution in [3.05, 3.63) is 240 Å². The van der Waals surface area contributed by atoms with Gasteiger partial charge >= 0.3 is 0 Å². The lowest BCUT2D eigenvalue weighted by atomic mass is 9.70. The van der Waals surface area contributed by atoms with Gasteiger partial charge in [0.2, 0.25) is 0 Å². The SMILES string of the molecule is N#Cc1cccc(N(c2ccccc2)c2ccc3c(c2)C2(c4ccccc4-c4ccccc42)c2cc(N(c4ccccc4)c4cccc(C#N)c4)c4ccccc4c2-3)c1. The van der Waals surface area contributed by atoms with Crippen LogP contribution in [0.2, 0.25) is 0 Å². The van der Waals surface area contributed by atoms with Crippen molar-refractivity contribution in [3.8, 4) is 34.4 Å². The van der Waals surface area contributed by atoms with Crippen molar-refractivity contribution in [2.24, 2.45) is 0 Å². The van der Waals surface area contributed by atoms with Crippen molar-refractivity contribution < 1.29 is 0 Å². The van der Waals surface area contributed by atoms with Gasteiger partial charge in [-0.25, -0.2) is 0 Å². The number of hydrogen-bond acceptors (Lipinski definition) is 4. The van der Waals surface area contributed by atoms with Crippen molar-refractivity contribution in [2.45, 2.75) is 5.41 Å². The predicted octanol–water partition coefficient (Wildman–Crippen LogP) is 13.9. The van der Waals surface area contributed by atoms with Gasteiger partial charge in [-0.3, -0.25) is 0 Å². The Hall–Kier alpha value is -8.18. The predicted molar refractivity (Wildman–Crippen MR) is 239 cm³/mol. The second kappa shape index (κ2) is 13.5. The number of para-hydroxylation sites is 2. The Morgan fingerprint density at radius 3 is 1.44 bits per heavy atom. The molecule has 1 spiro atoms. The summed E-state index contributed by atoms with van der Waals surface area (Å²) in [5, 5.41) is 22.3. The molecule has 11 rings (SSSR count). The highest BCUT2D eigenvalue weighted by Crippen LogP contribution is 2.65. The molecule has 9 aromatic carbocycles. The Balaban J connectivity index is 1.26. The fourth-order valence-corrected chi connectivity index (χ4v) is 9.74. The zero-order valence-electron chi connectivity index (χ0n) is 31.9. The van der Waals surface area contributed by atoms with Crippen LogP contribution in [0.25, 0.3) is 33.0 Å². The van der Waals surface area contributed by atoms with Crippen molar-refractivity contribution in [1.82, 2.24) is 0 Å². The Morgan fingerprint density at radius 2 is 0.831 bits per heavy atom. The number of anilines is 6. The van der Waals surface area contributed by atoms with Gasteiger partial charge in [0.1, 0.15) is 0 Å². The largest absolute Gasteiger partial charge is 0.310 e. The first-order chi connectivity index (χ1) is 29.2. The van der Waals surface area contributed by atoms with Gasteiger partial charge in [0.15, 0.2) is 0 Å². The molecule has 0 aliphatic heterocycles. The van der Waals surface area contributed by atoms with Crippen LogP contribution in [-0.4, -0.2) is 0 Å². The molecule has 0 aromatic heterocycles. The highest BCUT2D eigenvalue weighted by atomic mass is 15.1. The molecule has 0 saturated heterocycles. The van der Waals surface area contributed by atoms with Gasteiger partial charge in [-0.15, -0.1) is 0 Å². The molecule has 0 saturated carbocycles. The second-order valence-electron chi connectivity index (χ2n) is 15.1. The smallest absolute Gasteiger partial charge is 0.0992 e. The molecule has 0 atom stereocenters. The molecule has 0 unspecified atom stereocenters. The molecule has 9 aromatic rings. The van der Waals surface area contributed by atoms with Gasteiger partial charge < -0.3 is 9.80 Å². The Kier molecular flexibility index (Phi) is 7.80. The normalized spacial score (nSPS) is 12.5. The maximum Gasteiger partial charge on any atom is 0.0992 e. The summed E-state index contributed by atoms with van der Waals surface area (Å²) in [6.45, 7) is 0. The first-order valence-corrected chi connectivity index (χ1v) is 19.8. The van der Waals surface area contributed by atoms with Gasteiger partial charge in [0, 0.05) is 33.8 Å². The van der Waals surface area contributed by atoms with Gasteiger partial charge in [-0.05, 0) is 129 Å². The van der Waals surface area contributed by atoms with Gasteiger partial charge in [-0.2, -0.15) is 10.5 Å². The summed E-state index contributed by atoms with van der Waals surface area (Å²) in [5.41, 5.74) is 16.2. The van der Waals surface area contributed by atoms with Gasteiger partial charge in [0.05, 0.1) is 34.4 Å². The second-order valence-corrected chi connectivity index (χ2v) is 15.1. The van der Waals surface area contributed by atoms with Gasteiger partial charge in [-0.1, -0.05) is 127 Å². The van der Waals surface area contributed by atoms with Crippen molar-refractivity contribution in [2.75, 3.05) is 9.80 Å². The van der Waals surface area contributed by atoms with Crippen LogP contribution in [-0.2, 0) is 5.41 Å². The van der Waals surface area contributed by atoms with Crippen molar-refractivity contribution in [1.29, 1.82) is 10.5 Å². The lowest BCUT2D eigenvalue weighted by Crippen LogP contribution is -2.26. The molecule has 0 bridgehead atoms. The first kappa shape index (κ1) is 34.1. The van der Waals surface area contributed by atoms with Crippen LogP contribution in [0.4, 0.5) is 34.1 Å². The summed E-state index contributed by atoms with van der Waals surface area (Å²) in [4.78, 5) is 4.56. The van der Waals surface area contributed by atoms with E-state index in [1.807, 2.05) is 48.5 Å². The fourth-order valence-electron chi connectivity index (χ4n) is 9.74. The summed E-state index contributed by atoms with van der Waals surface area (Å²) in [5.74, 6) is 0. The Labute approximate surface area is 343 Å². The molecule has 0 heterocycles. The maximum atomic E-state index is 10.1. The molecule has 0 amide bonds. The minimum absolute atomic E-state index is 0.604. The average Bonchev–Trinajstić information content (AvgIpc) is 3.77. The van der Waals surface area contributed by atoms with E-state index in [9.17, 15) is 10.5 Å². The van der Waals surface area contributed by atoms with E-state index in [1.54, 1.807) is 0 Å². The van der Waals surface area contributed by atoms with Crippen LogP contribution >= 0.6 is 0 Å². The summed E-state index contributed by atoms with van der Waals surface area (Å²) in [7, 11) is 0. The standard InChI is InChI=1S/C55H34N4/c56-35-37-15-13-21-41(31-37)58(39-17-3-1-4-18-39)43-29-30-48-51(33-43)55(49-27-11-9-23-44(49)45-24-10-12-28-50(45)55)52-34-53(46-25-7-8-26-47(46)54(48)52)59(40-19-5-2-6-20-40)42-22-14-16-38(32-42)36-57/h1-34H. The van der Waals surface area contributed by atoms with E-state index in [0.29, 0.717) is 11.1 Å². The van der Waals surface area contributed by atoms with Gasteiger partial charge in [0.25, 0.3) is 0 Å². The van der Waals surface area contributed by atoms with Crippen molar-refractivity contribution in [3.63, 3.8) is 0 Å². The monoisotopic (exact) mass is 750 g/mol. The topological polar surface area (TPSA) is 54.1 Å². The third kappa shape index (κ3) is 5.08. The number of benzene rings is 9. The quantitative estimate of drug-likeness (QED) is 0.170. The van der Waals surface area contributed by atoms with Crippen LogP contribution in [0, 0.1) is 22.7 Å². The molecule has 59 heavy (non-hydrogen) atoms. The minimum atomic E-state index is -0.666. The average molecular weight is 751 g/mol. The number of hydrogen-bond donors (Lipinski definition) is 0. The summed E-state index contributed by atoms with van der Waals surface area (Å²) in [6.07, 6.45) is 0. The molecular formula is C55H34N4. The lowest BCUT2D eigenvalue weighted by molar-refractivity contribution is 0.794. The van der Waals surface area contributed by atoms with E-state index in [0.717, 1.165) is 44.9 Å². The first-order valence-electron chi connectivity index (χ1n) is 19.8. The summed E-state index contributed by atoms with van der Waals surface area (Å²) < 4.78 is 0. The van der Waals surface area contributed by atoms with E-state index < -0.39 is 5.41 Å². The fraction of sp³-hybridized carbons (Fsp3) is 0.0182. The third-order valence-corrected chi connectivity index (χ3v) is 12.1. The lowest BCUT2D eigenvalue weighted by Gasteiger charge is -2.34. The van der Waals surface area contributed by atoms with Crippen LogP contribution < -0.4 is 9.80 Å². The third-order valence-electron chi connectivity index (χ3n) is 12.1. The van der Waals surface area contributed by atoms with Crippen molar-refractivity contribution >= 4 is 44.9 Å². The van der Waals surface area contributed by atoms with Crippen LogP contribution in [0.5, 0.6) is 0 Å². The summed E-state index contributed by atoms with van der Waals surface area (Å²) >= 11 is 0. The van der Waals surface area contributed by atoms with E-state index in [2.05, 4.69) is 180 Å². The molecule has 274 valence electrons. The molecule has 4 nitrogen and oxygen atoms in total. The highest BCUT2D eigenvalue weighted by molar-refractivity contribution is 6.12. The molecule has 0 radical (unpaired) electrons.